The molecule has 0 amide bonds. The van der Waals surface area contributed by atoms with Crippen LogP contribution in [0.5, 0.6) is 0 Å². The number of aromatic nitrogens is 3. The number of furan rings is 1. The summed E-state index contributed by atoms with van der Waals surface area (Å²) in [5.74, 6) is 1.84. The summed E-state index contributed by atoms with van der Waals surface area (Å²) in [5, 5.41) is 11.7. The van der Waals surface area contributed by atoms with Gasteiger partial charge in [0.05, 0.1) is 11.6 Å². The van der Waals surface area contributed by atoms with E-state index in [-0.39, 0.29) is 5.41 Å². The molecule has 0 radical (unpaired) electrons. The van der Waals surface area contributed by atoms with Crippen LogP contribution in [0.1, 0.15) is 48.8 Å². The van der Waals surface area contributed by atoms with Crippen molar-refractivity contribution < 1.29 is 4.42 Å². The molecule has 0 unspecified atom stereocenters. The van der Waals surface area contributed by atoms with Crippen molar-refractivity contribution in [2.45, 2.75) is 37.5 Å². The molecule has 0 saturated heterocycles. The highest BCUT2D eigenvalue weighted by Gasteiger charge is 2.44. The van der Waals surface area contributed by atoms with E-state index in [4.69, 9.17) is 19.4 Å². The Bertz CT molecular complexity index is 3060. The van der Waals surface area contributed by atoms with Crippen molar-refractivity contribution in [2.24, 2.45) is 0 Å². The van der Waals surface area contributed by atoms with Crippen molar-refractivity contribution in [1.29, 1.82) is 5.26 Å². The molecule has 0 atom stereocenters. The van der Waals surface area contributed by atoms with Crippen molar-refractivity contribution in [2.75, 3.05) is 0 Å². The van der Waals surface area contributed by atoms with Gasteiger partial charge >= 0.3 is 0 Å². The molecule has 270 valence electrons. The highest BCUT2D eigenvalue weighted by atomic mass is 16.3. The topological polar surface area (TPSA) is 75.6 Å². The Hall–Kier alpha value is -7.16. The first-order valence-corrected chi connectivity index (χ1v) is 19.8. The van der Waals surface area contributed by atoms with E-state index in [1.165, 1.54) is 52.6 Å². The normalized spacial score (nSPS) is 14.1. The van der Waals surface area contributed by atoms with E-state index in [2.05, 4.69) is 97.1 Å². The Morgan fingerprint density at radius 1 is 0.456 bits per heavy atom. The SMILES string of the molecule is N#Cc1ccc2c(c1)-c1ccc(-c3cccc(-c4ccc(-c5nc(-c6ccccc6)nc(-c6cccc7oc8ccccc8c67)n5)cc4)c3)cc1C21CCCCC1. The smallest absolute Gasteiger partial charge is 0.164 e. The number of fused-ring (bicyclic) bond motifs is 8. The monoisotopic (exact) mass is 732 g/mol. The second kappa shape index (κ2) is 13.3. The third kappa shape index (κ3) is 5.48. The molecule has 5 heteroatoms. The summed E-state index contributed by atoms with van der Waals surface area (Å²) in [4.78, 5) is 15.1. The minimum Gasteiger partial charge on any atom is -0.456 e. The van der Waals surface area contributed by atoms with E-state index in [1.807, 2.05) is 66.7 Å². The molecule has 1 saturated carbocycles. The van der Waals surface area contributed by atoms with E-state index < -0.39 is 0 Å². The average Bonchev–Trinajstić information content (AvgIpc) is 3.79. The summed E-state index contributed by atoms with van der Waals surface area (Å²) in [6, 6.07) is 57.3. The Morgan fingerprint density at radius 3 is 1.89 bits per heavy atom. The molecule has 2 aromatic heterocycles. The van der Waals surface area contributed by atoms with Crippen LogP contribution in [0.15, 0.2) is 162 Å². The van der Waals surface area contributed by atoms with Gasteiger partial charge in [0.1, 0.15) is 11.2 Å². The van der Waals surface area contributed by atoms with Crippen molar-refractivity contribution in [3.05, 3.63) is 174 Å². The lowest BCUT2D eigenvalue weighted by Gasteiger charge is -2.36. The van der Waals surface area contributed by atoms with Gasteiger partial charge in [-0.05, 0) is 93.7 Å². The van der Waals surface area contributed by atoms with E-state index in [1.54, 1.807) is 0 Å². The molecule has 0 bridgehead atoms. The van der Waals surface area contributed by atoms with E-state index in [0.717, 1.165) is 68.2 Å². The van der Waals surface area contributed by atoms with Crippen LogP contribution in [0.4, 0.5) is 0 Å². The zero-order valence-electron chi connectivity index (χ0n) is 31.2. The number of nitrogens with zero attached hydrogens (tertiary/aromatic N) is 4. The Balaban J connectivity index is 0.963. The standard InChI is InChI=1S/C52H36N4O/c53-32-33-19-26-44-43(29-33)40-25-24-39(31-45(40)52(44)27-7-2-8-28-52)38-14-9-13-37(30-38)34-20-22-36(23-21-34)50-54-49(35-11-3-1-4-12-35)55-51(56-50)42-16-10-18-47-48(42)41-15-5-6-17-46(41)57-47/h1,3-6,9-26,29-31H,2,7-8,27-28H2. The number of nitriles is 1. The van der Waals surface area contributed by atoms with Crippen molar-refractivity contribution in [3.8, 4) is 73.6 Å². The Morgan fingerprint density at radius 2 is 1.09 bits per heavy atom. The first-order chi connectivity index (χ1) is 28.1. The summed E-state index contributed by atoms with van der Waals surface area (Å²) in [6.07, 6.45) is 6.04. The van der Waals surface area contributed by atoms with Crippen molar-refractivity contribution in [1.82, 2.24) is 15.0 Å². The number of para-hydroxylation sites is 1. The summed E-state index contributed by atoms with van der Waals surface area (Å²) in [5.41, 5.74) is 15.1. The van der Waals surface area contributed by atoms with Crippen molar-refractivity contribution >= 4 is 21.9 Å². The van der Waals surface area contributed by atoms with Gasteiger partial charge in [-0.15, -0.1) is 0 Å². The quantitative estimate of drug-likeness (QED) is 0.176. The first kappa shape index (κ1) is 33.2. The maximum absolute atomic E-state index is 9.71. The van der Waals surface area contributed by atoms with Gasteiger partial charge < -0.3 is 4.42 Å². The molecule has 7 aromatic carbocycles. The molecule has 2 aliphatic rings. The van der Waals surface area contributed by atoms with E-state index >= 15 is 0 Å². The summed E-state index contributed by atoms with van der Waals surface area (Å²) >= 11 is 0. The zero-order chi connectivity index (χ0) is 37.9. The number of rotatable bonds is 5. The predicted octanol–water partition coefficient (Wildman–Crippen LogP) is 13.2. The molecular weight excluding hydrogens is 697 g/mol. The first-order valence-electron chi connectivity index (χ1n) is 19.8. The number of hydrogen-bond donors (Lipinski definition) is 0. The maximum atomic E-state index is 9.71. The maximum Gasteiger partial charge on any atom is 0.164 e. The third-order valence-corrected chi connectivity index (χ3v) is 12.2. The molecule has 0 N–H and O–H groups in total. The fourth-order valence-electron chi connectivity index (χ4n) is 9.44. The minimum atomic E-state index is 0.0223. The molecular formula is C52H36N4O. The number of benzene rings is 7. The average molecular weight is 733 g/mol. The third-order valence-electron chi connectivity index (χ3n) is 12.2. The lowest BCUT2D eigenvalue weighted by atomic mass is 9.67. The fourth-order valence-corrected chi connectivity index (χ4v) is 9.44. The fraction of sp³-hybridized carbons (Fsp3) is 0.115. The molecule has 2 heterocycles. The van der Waals surface area contributed by atoms with E-state index in [0.29, 0.717) is 17.5 Å². The lowest BCUT2D eigenvalue weighted by Crippen LogP contribution is -2.28. The molecule has 5 nitrogen and oxygen atoms in total. The summed E-state index contributed by atoms with van der Waals surface area (Å²) in [7, 11) is 0. The molecule has 0 aliphatic heterocycles. The highest BCUT2D eigenvalue weighted by molar-refractivity contribution is 6.11. The second-order valence-electron chi connectivity index (χ2n) is 15.4. The summed E-state index contributed by atoms with van der Waals surface area (Å²) in [6.45, 7) is 0. The van der Waals surface area contributed by atoms with Crippen LogP contribution in [0, 0.1) is 11.3 Å². The second-order valence-corrected chi connectivity index (χ2v) is 15.4. The Kier molecular flexibility index (Phi) is 7.72. The molecule has 1 fully saturated rings. The van der Waals surface area contributed by atoms with Crippen LogP contribution in [0.3, 0.4) is 0 Å². The predicted molar refractivity (Wildman–Crippen MR) is 228 cm³/mol. The molecule has 9 aromatic rings. The van der Waals surface area contributed by atoms with Gasteiger partial charge in [0.2, 0.25) is 0 Å². The van der Waals surface area contributed by atoms with Gasteiger partial charge in [-0.3, -0.25) is 0 Å². The van der Waals surface area contributed by atoms with Crippen LogP contribution in [0.25, 0.3) is 89.5 Å². The van der Waals surface area contributed by atoms with Gasteiger partial charge in [0.25, 0.3) is 0 Å². The van der Waals surface area contributed by atoms with Crippen LogP contribution in [-0.2, 0) is 5.41 Å². The largest absolute Gasteiger partial charge is 0.456 e. The number of hydrogen-bond acceptors (Lipinski definition) is 5. The Labute approximate surface area is 331 Å². The summed E-state index contributed by atoms with van der Waals surface area (Å²) < 4.78 is 6.22. The highest BCUT2D eigenvalue weighted by Crippen LogP contribution is 2.56. The van der Waals surface area contributed by atoms with E-state index in [9.17, 15) is 5.26 Å². The van der Waals surface area contributed by atoms with Gasteiger partial charge in [-0.2, -0.15) is 5.26 Å². The molecule has 1 spiro atoms. The molecule has 11 rings (SSSR count). The molecule has 57 heavy (non-hydrogen) atoms. The van der Waals surface area contributed by atoms with Crippen LogP contribution < -0.4 is 0 Å². The van der Waals surface area contributed by atoms with Gasteiger partial charge in [-0.1, -0.05) is 141 Å². The lowest BCUT2D eigenvalue weighted by molar-refractivity contribution is 0.353. The van der Waals surface area contributed by atoms with Gasteiger partial charge in [0.15, 0.2) is 17.5 Å². The van der Waals surface area contributed by atoms with Crippen LogP contribution in [-0.4, -0.2) is 15.0 Å². The minimum absolute atomic E-state index is 0.0223. The van der Waals surface area contributed by atoms with Crippen molar-refractivity contribution in [3.63, 3.8) is 0 Å². The molecule has 2 aliphatic carbocycles. The zero-order valence-corrected chi connectivity index (χ0v) is 31.2. The van der Waals surface area contributed by atoms with Gasteiger partial charge in [0, 0.05) is 32.9 Å². The van der Waals surface area contributed by atoms with Gasteiger partial charge in [-0.25, -0.2) is 15.0 Å². The van der Waals surface area contributed by atoms with Crippen LogP contribution in [0.2, 0.25) is 0 Å². The van der Waals surface area contributed by atoms with Crippen LogP contribution >= 0.6 is 0 Å².